The average molecular weight is 509 g/mol. The van der Waals surface area contributed by atoms with E-state index < -0.39 is 5.97 Å². The van der Waals surface area contributed by atoms with Crippen LogP contribution in [-0.2, 0) is 0 Å². The number of hydrogen-bond donors (Lipinski definition) is 2. The van der Waals surface area contributed by atoms with Gasteiger partial charge in [0.25, 0.3) is 0 Å². The Labute approximate surface area is 217 Å². The molecule has 36 heavy (non-hydrogen) atoms. The maximum absolute atomic E-state index is 13.4. The smallest absolute Gasteiger partial charge is 0.337 e. The normalized spacial score (nSPS) is 11.9. The molecule has 192 valence electrons. The van der Waals surface area contributed by atoms with Crippen molar-refractivity contribution in [3.8, 4) is 0 Å². The number of carbonyl (C=O) groups is 1. The molecule has 0 aliphatic rings. The number of nitrogens with one attached hydrogen (secondary N) is 1. The second-order valence-electron chi connectivity index (χ2n) is 8.38. The van der Waals surface area contributed by atoms with Gasteiger partial charge in [-0.3, -0.25) is 4.79 Å². The molecule has 0 spiro atoms. The second kappa shape index (κ2) is 12.5. The molecule has 0 bridgehead atoms. The molecule has 0 aliphatic heterocycles. The number of carboxylic acid groups (broad SMARTS) is 1. The number of aromatic carboxylic acids is 1. The Bertz CT molecular complexity index is 1360. The van der Waals surface area contributed by atoms with Crippen molar-refractivity contribution in [1.82, 2.24) is 4.90 Å². The first-order valence-corrected chi connectivity index (χ1v) is 12.7. The van der Waals surface area contributed by atoms with E-state index in [4.69, 9.17) is 4.42 Å². The van der Waals surface area contributed by atoms with E-state index >= 15 is 0 Å². The summed E-state index contributed by atoms with van der Waals surface area (Å²) in [7, 11) is 3.82. The number of hydrogen-bond acceptors (Lipinski definition) is 6. The van der Waals surface area contributed by atoms with Crippen LogP contribution < -0.4 is 10.7 Å². The van der Waals surface area contributed by atoms with Crippen LogP contribution in [0.15, 0.2) is 63.3 Å². The quantitative estimate of drug-likeness (QED) is 0.327. The highest BCUT2D eigenvalue weighted by atomic mass is 32.2. The monoisotopic (exact) mass is 508 g/mol. The molecule has 0 aliphatic carbocycles. The fourth-order valence-corrected chi connectivity index (χ4v) is 4.53. The van der Waals surface area contributed by atoms with Gasteiger partial charge < -0.3 is 19.7 Å². The van der Waals surface area contributed by atoms with Gasteiger partial charge in [-0.05, 0) is 51.5 Å². The van der Waals surface area contributed by atoms with Crippen molar-refractivity contribution in [2.45, 2.75) is 47.6 Å². The lowest BCUT2D eigenvalue weighted by Crippen LogP contribution is -2.14. The van der Waals surface area contributed by atoms with Crippen LogP contribution >= 0.6 is 11.8 Å². The minimum absolute atomic E-state index is 0.0882. The molecule has 3 rings (SSSR count). The number of aryl methyl sites for hydroxylation is 1. The molecule has 0 amide bonds. The molecule has 1 aromatic heterocycles. The van der Waals surface area contributed by atoms with Crippen LogP contribution in [0.25, 0.3) is 15.9 Å². The molecule has 1 unspecified atom stereocenters. The van der Waals surface area contributed by atoms with Gasteiger partial charge in [0, 0.05) is 30.9 Å². The highest BCUT2D eigenvalue weighted by Crippen LogP contribution is 2.37. The Morgan fingerprint density at radius 1 is 1.19 bits per heavy atom. The number of benzene rings is 2. The predicted octanol–water partition coefficient (Wildman–Crippen LogP) is 7.43. The molecule has 0 saturated heterocycles. The van der Waals surface area contributed by atoms with Gasteiger partial charge in [-0.1, -0.05) is 56.5 Å². The minimum Gasteiger partial charge on any atom is -0.478 e. The number of fused-ring (bicyclic) bond motifs is 1. The number of carboxylic acids is 1. The third-order valence-electron chi connectivity index (χ3n) is 5.60. The van der Waals surface area contributed by atoms with E-state index in [1.807, 2.05) is 71.8 Å². The Morgan fingerprint density at radius 3 is 2.42 bits per heavy atom. The van der Waals surface area contributed by atoms with E-state index in [-0.39, 0.29) is 17.0 Å². The first-order chi connectivity index (χ1) is 17.0. The fourth-order valence-electron chi connectivity index (χ4n) is 3.69. The van der Waals surface area contributed by atoms with Gasteiger partial charge in [0.1, 0.15) is 11.3 Å². The molecule has 7 heteroatoms. The van der Waals surface area contributed by atoms with Crippen molar-refractivity contribution < 1.29 is 14.3 Å². The van der Waals surface area contributed by atoms with Gasteiger partial charge >= 0.3 is 5.97 Å². The van der Waals surface area contributed by atoms with Gasteiger partial charge in [-0.15, -0.1) is 0 Å². The molecule has 1 atom stereocenters. The van der Waals surface area contributed by atoms with Crippen molar-refractivity contribution in [2.24, 2.45) is 0 Å². The zero-order valence-corrected chi connectivity index (χ0v) is 23.2. The van der Waals surface area contributed by atoms with Gasteiger partial charge in [0.15, 0.2) is 5.43 Å². The fraction of sp³-hybridized carbons (Fsp3) is 0.310. The van der Waals surface area contributed by atoms with Crippen molar-refractivity contribution in [2.75, 3.05) is 19.4 Å². The van der Waals surface area contributed by atoms with Gasteiger partial charge in [-0.2, -0.15) is 0 Å². The molecule has 0 radical (unpaired) electrons. The zero-order chi connectivity index (χ0) is 27.2. The summed E-state index contributed by atoms with van der Waals surface area (Å²) < 4.78 is 6.42. The zero-order valence-electron chi connectivity index (χ0n) is 22.4. The summed E-state index contributed by atoms with van der Waals surface area (Å²) in [6.45, 7) is 15.6. The molecule has 0 fully saturated rings. The van der Waals surface area contributed by atoms with Crippen molar-refractivity contribution >= 4 is 39.3 Å². The summed E-state index contributed by atoms with van der Waals surface area (Å²) in [5, 5.41) is 14.2. The van der Waals surface area contributed by atoms with Crippen LogP contribution in [0.3, 0.4) is 0 Å². The maximum atomic E-state index is 13.4. The predicted molar refractivity (Wildman–Crippen MR) is 153 cm³/mol. The van der Waals surface area contributed by atoms with Crippen molar-refractivity contribution in [3.63, 3.8) is 0 Å². The van der Waals surface area contributed by atoms with Crippen molar-refractivity contribution in [3.05, 3.63) is 92.3 Å². The summed E-state index contributed by atoms with van der Waals surface area (Å²) in [6.07, 6.45) is 1.91. The minimum atomic E-state index is -1.01. The maximum Gasteiger partial charge on any atom is 0.337 e. The number of allylic oxidation sites excluding steroid dienone is 1. The summed E-state index contributed by atoms with van der Waals surface area (Å²) in [6, 6.07) is 10.2. The summed E-state index contributed by atoms with van der Waals surface area (Å²) in [5.41, 5.74) is 3.31. The number of nitrogens with zero attached hydrogens (tertiary/aromatic N) is 1. The van der Waals surface area contributed by atoms with Gasteiger partial charge in [0.05, 0.1) is 26.9 Å². The molecule has 6 nitrogen and oxygen atoms in total. The lowest BCUT2D eigenvalue weighted by Gasteiger charge is -2.21. The second-order valence-corrected chi connectivity index (χ2v) is 9.49. The first-order valence-electron chi connectivity index (χ1n) is 11.9. The highest BCUT2D eigenvalue weighted by molar-refractivity contribution is 8.11. The van der Waals surface area contributed by atoms with Gasteiger partial charge in [0.2, 0.25) is 0 Å². The van der Waals surface area contributed by atoms with Gasteiger partial charge in [-0.25, -0.2) is 4.79 Å². The molecule has 0 saturated carbocycles. The SMILES string of the molecule is C=C(S/C(=C\C)c1oc2c(C(C)Nc3ccccc3C(=O)O)cc(C)cc2c(=O)c1C)N(C)C.CC. The molecule has 2 N–H and O–H groups in total. The van der Waals surface area contributed by atoms with E-state index in [2.05, 4.69) is 11.9 Å². The average Bonchev–Trinajstić information content (AvgIpc) is 2.85. The largest absolute Gasteiger partial charge is 0.478 e. The topological polar surface area (TPSA) is 82.8 Å². The third kappa shape index (κ3) is 6.21. The van der Waals surface area contributed by atoms with Crippen LogP contribution in [-0.4, -0.2) is 30.1 Å². The number of rotatable bonds is 8. The summed E-state index contributed by atoms with van der Waals surface area (Å²) in [4.78, 5) is 27.8. The van der Waals surface area contributed by atoms with Crippen LogP contribution in [0.2, 0.25) is 0 Å². The number of anilines is 1. The van der Waals surface area contributed by atoms with E-state index in [0.717, 1.165) is 21.1 Å². The Hall–Kier alpha value is -3.45. The Morgan fingerprint density at radius 2 is 1.83 bits per heavy atom. The molecule has 3 aromatic rings. The van der Waals surface area contributed by atoms with E-state index in [0.29, 0.717) is 28.0 Å². The highest BCUT2D eigenvalue weighted by Gasteiger charge is 2.21. The van der Waals surface area contributed by atoms with E-state index in [1.54, 1.807) is 31.2 Å². The Kier molecular flexibility index (Phi) is 9.99. The standard InChI is InChI=1S/C27H30N2O4S.C2H6/c1-8-23(34-18(5)29(6)7)25-16(3)24(30)21-14-15(2)13-20(26(21)33-25)17(4)28-22-12-10-9-11-19(22)27(31)32;1-2/h8-14,17,28H,5H2,1-4,6-7H3,(H,31,32);1-2H3/b23-8-;. The first kappa shape index (κ1) is 28.8. The van der Waals surface area contributed by atoms with Crippen molar-refractivity contribution in [1.29, 1.82) is 0 Å². The van der Waals surface area contributed by atoms with Crippen LogP contribution in [0.4, 0.5) is 5.69 Å². The van der Waals surface area contributed by atoms with Crippen LogP contribution in [0.5, 0.6) is 0 Å². The Balaban J connectivity index is 0.00000222. The molecule has 2 aromatic carbocycles. The van der Waals surface area contributed by atoms with E-state index in [9.17, 15) is 14.7 Å². The molecular weight excluding hydrogens is 472 g/mol. The lowest BCUT2D eigenvalue weighted by atomic mass is 9.99. The van der Waals surface area contributed by atoms with Crippen LogP contribution in [0.1, 0.15) is 66.5 Å². The number of para-hydroxylation sites is 1. The third-order valence-corrected chi connectivity index (χ3v) is 6.84. The molecular formula is C29H36N2O4S. The summed E-state index contributed by atoms with van der Waals surface area (Å²) in [5.74, 6) is -0.499. The number of thioether (sulfide) groups is 1. The van der Waals surface area contributed by atoms with Crippen LogP contribution in [0, 0.1) is 13.8 Å². The molecule has 1 heterocycles. The lowest BCUT2D eigenvalue weighted by molar-refractivity contribution is 0.0698. The summed E-state index contributed by atoms with van der Waals surface area (Å²) >= 11 is 1.44. The van der Waals surface area contributed by atoms with E-state index in [1.165, 1.54) is 11.8 Å².